The van der Waals surface area contributed by atoms with E-state index in [9.17, 15) is 4.91 Å². The zero-order valence-electron chi connectivity index (χ0n) is 4.96. The predicted molar refractivity (Wildman–Crippen MR) is 34.9 cm³/mol. The van der Waals surface area contributed by atoms with Crippen LogP contribution in [0.25, 0.3) is 0 Å². The van der Waals surface area contributed by atoms with Crippen LogP contribution in [0, 0.1) is 4.91 Å². The highest BCUT2D eigenvalue weighted by Gasteiger charge is 1.96. The maximum absolute atomic E-state index is 9.71. The Kier molecular flexibility index (Phi) is 5.56. The Morgan fingerprint density at radius 3 is 2.67 bits per heavy atom. The topological polar surface area (TPSA) is 52.9 Å². The summed E-state index contributed by atoms with van der Waals surface area (Å²) in [7, 11) is 0. The van der Waals surface area contributed by atoms with E-state index in [4.69, 9.17) is 16.7 Å². The molecule has 4 nitrogen and oxygen atoms in total. The van der Waals surface area contributed by atoms with Crippen LogP contribution in [0.5, 0.6) is 0 Å². The molecule has 0 aliphatic heterocycles. The lowest BCUT2D eigenvalue weighted by Crippen LogP contribution is -2.19. The minimum atomic E-state index is -0.333. The van der Waals surface area contributed by atoms with Gasteiger partial charge in [0.15, 0.2) is 0 Å². The molecule has 0 bridgehead atoms. The van der Waals surface area contributed by atoms with Gasteiger partial charge in [-0.25, -0.2) is 5.01 Å². The third-order valence-electron chi connectivity index (χ3n) is 0.829. The van der Waals surface area contributed by atoms with Crippen molar-refractivity contribution < 1.29 is 5.11 Å². The van der Waals surface area contributed by atoms with E-state index >= 15 is 0 Å². The van der Waals surface area contributed by atoms with Gasteiger partial charge in [0.25, 0.3) is 0 Å². The van der Waals surface area contributed by atoms with Gasteiger partial charge >= 0.3 is 0 Å². The van der Waals surface area contributed by atoms with Crippen LogP contribution in [0.15, 0.2) is 5.29 Å². The van der Waals surface area contributed by atoms with Gasteiger partial charge in [-0.05, 0) is 6.42 Å². The monoisotopic (exact) mass is 152 g/mol. The van der Waals surface area contributed by atoms with Crippen molar-refractivity contribution in [3.05, 3.63) is 4.91 Å². The fourth-order valence-electron chi connectivity index (χ4n) is 0.380. The summed E-state index contributed by atoms with van der Waals surface area (Å²) in [4.78, 5) is 9.71. The van der Waals surface area contributed by atoms with Crippen LogP contribution in [0.1, 0.15) is 6.42 Å². The molecule has 1 N–H and O–H groups in total. The van der Waals surface area contributed by atoms with E-state index in [0.717, 1.165) is 5.01 Å². The zero-order chi connectivity index (χ0) is 7.11. The number of nitrogens with zero attached hydrogens (tertiary/aromatic N) is 2. The van der Waals surface area contributed by atoms with E-state index in [2.05, 4.69) is 5.29 Å². The first-order valence-electron chi connectivity index (χ1n) is 2.60. The van der Waals surface area contributed by atoms with E-state index < -0.39 is 0 Å². The van der Waals surface area contributed by atoms with E-state index in [-0.39, 0.29) is 6.73 Å². The van der Waals surface area contributed by atoms with Crippen LogP contribution < -0.4 is 0 Å². The third-order valence-corrected chi connectivity index (χ3v) is 1.10. The minimum absolute atomic E-state index is 0.333. The Morgan fingerprint density at radius 2 is 2.33 bits per heavy atom. The molecule has 0 aromatic carbocycles. The lowest BCUT2D eigenvalue weighted by atomic mass is 10.5. The Morgan fingerprint density at radius 1 is 1.67 bits per heavy atom. The van der Waals surface area contributed by atoms with E-state index in [1.54, 1.807) is 0 Å². The first kappa shape index (κ1) is 8.65. The molecule has 0 rings (SSSR count). The molecule has 0 spiro atoms. The SMILES string of the molecule is O=NN(CO)CCCCl. The first-order valence-corrected chi connectivity index (χ1v) is 3.13. The molecule has 5 heteroatoms. The van der Waals surface area contributed by atoms with E-state index in [1.807, 2.05) is 0 Å². The largest absolute Gasteiger partial charge is 0.375 e. The molecule has 0 unspecified atom stereocenters. The van der Waals surface area contributed by atoms with Gasteiger partial charge in [0.1, 0.15) is 6.73 Å². The Labute approximate surface area is 58.4 Å². The van der Waals surface area contributed by atoms with Crippen molar-refractivity contribution in [1.82, 2.24) is 5.01 Å². The van der Waals surface area contributed by atoms with Gasteiger partial charge in [0, 0.05) is 12.4 Å². The molecule has 0 fully saturated rings. The van der Waals surface area contributed by atoms with E-state index in [1.165, 1.54) is 0 Å². The molecule has 0 saturated carbocycles. The lowest BCUT2D eigenvalue weighted by molar-refractivity contribution is 0.109. The minimum Gasteiger partial charge on any atom is -0.375 e. The summed E-state index contributed by atoms with van der Waals surface area (Å²) in [5.41, 5.74) is 0. The van der Waals surface area contributed by atoms with Gasteiger partial charge in [-0.1, -0.05) is 0 Å². The highest BCUT2D eigenvalue weighted by Crippen LogP contribution is 1.91. The molecule has 0 aromatic heterocycles. The molecule has 0 amide bonds. The maximum Gasteiger partial charge on any atom is 0.134 e. The number of hydrogen-bond donors (Lipinski definition) is 1. The van der Waals surface area contributed by atoms with Crippen molar-refractivity contribution in [2.24, 2.45) is 5.29 Å². The van der Waals surface area contributed by atoms with Crippen LogP contribution in [0.2, 0.25) is 0 Å². The zero-order valence-corrected chi connectivity index (χ0v) is 5.71. The molecule has 9 heavy (non-hydrogen) atoms. The Bertz CT molecular complexity index is 81.0. The summed E-state index contributed by atoms with van der Waals surface area (Å²) in [5, 5.41) is 11.9. The number of rotatable bonds is 5. The normalized spacial score (nSPS) is 9.11. The molecule has 0 heterocycles. The number of halogens is 1. The second kappa shape index (κ2) is 5.78. The fraction of sp³-hybridized carbons (Fsp3) is 1.00. The smallest absolute Gasteiger partial charge is 0.134 e. The summed E-state index contributed by atoms with van der Waals surface area (Å²) < 4.78 is 0. The van der Waals surface area contributed by atoms with Crippen LogP contribution in [0.3, 0.4) is 0 Å². The molecule has 0 saturated heterocycles. The molecule has 0 radical (unpaired) electrons. The molecule has 0 atom stereocenters. The van der Waals surface area contributed by atoms with Gasteiger partial charge in [-0.3, -0.25) is 0 Å². The Hall–Kier alpha value is -0.350. The summed E-state index contributed by atoms with van der Waals surface area (Å²) in [5.74, 6) is 0.478. The number of hydrogen-bond acceptors (Lipinski definition) is 3. The van der Waals surface area contributed by atoms with Crippen molar-refractivity contribution in [2.75, 3.05) is 19.2 Å². The van der Waals surface area contributed by atoms with Gasteiger partial charge in [-0.2, -0.15) is 0 Å². The quantitative estimate of drug-likeness (QED) is 0.271. The molecule has 0 aromatic rings. The van der Waals surface area contributed by atoms with Crippen LogP contribution >= 0.6 is 11.6 Å². The lowest BCUT2D eigenvalue weighted by Gasteiger charge is -2.08. The predicted octanol–water partition coefficient (Wildman–Crippen LogP) is 0.548. The highest BCUT2D eigenvalue weighted by atomic mass is 35.5. The van der Waals surface area contributed by atoms with Gasteiger partial charge < -0.3 is 5.11 Å². The van der Waals surface area contributed by atoms with Crippen LogP contribution in [-0.2, 0) is 0 Å². The second-order valence-corrected chi connectivity index (χ2v) is 1.87. The van der Waals surface area contributed by atoms with Gasteiger partial charge in [0.05, 0.1) is 5.29 Å². The van der Waals surface area contributed by atoms with Crippen molar-refractivity contribution in [3.63, 3.8) is 0 Å². The molecule has 54 valence electrons. The third kappa shape index (κ3) is 4.17. The van der Waals surface area contributed by atoms with Crippen molar-refractivity contribution in [1.29, 1.82) is 0 Å². The molecular weight excluding hydrogens is 144 g/mol. The maximum atomic E-state index is 9.71. The van der Waals surface area contributed by atoms with Gasteiger partial charge in [-0.15, -0.1) is 16.5 Å². The number of aliphatic hydroxyl groups is 1. The summed E-state index contributed by atoms with van der Waals surface area (Å²) in [6, 6.07) is 0. The highest BCUT2D eigenvalue weighted by molar-refractivity contribution is 6.17. The molecule has 0 aliphatic carbocycles. The number of nitroso groups, excluding NO2 is 1. The van der Waals surface area contributed by atoms with Gasteiger partial charge in [0.2, 0.25) is 0 Å². The number of aliphatic hydroxyl groups excluding tert-OH is 1. The number of alkyl halides is 1. The first-order chi connectivity index (χ1) is 4.35. The van der Waals surface area contributed by atoms with Crippen molar-refractivity contribution in [2.45, 2.75) is 6.42 Å². The summed E-state index contributed by atoms with van der Waals surface area (Å²) in [6.07, 6.45) is 0.661. The fourth-order valence-corrected chi connectivity index (χ4v) is 0.499. The van der Waals surface area contributed by atoms with Crippen molar-refractivity contribution >= 4 is 11.6 Å². The average Bonchev–Trinajstić information content (AvgIpc) is 1.91. The average molecular weight is 153 g/mol. The molecular formula is C4H9ClN2O2. The standard InChI is InChI=1S/C4H9ClN2O2/c5-2-1-3-7(4-8)6-9/h8H,1-4H2. The molecule has 0 aliphatic rings. The van der Waals surface area contributed by atoms with Crippen LogP contribution in [0.4, 0.5) is 0 Å². The van der Waals surface area contributed by atoms with Crippen LogP contribution in [-0.4, -0.2) is 29.3 Å². The van der Waals surface area contributed by atoms with E-state index in [0.29, 0.717) is 18.8 Å². The Balaban J connectivity index is 3.20. The second-order valence-electron chi connectivity index (χ2n) is 1.50. The summed E-state index contributed by atoms with van der Waals surface area (Å²) in [6.45, 7) is 0.0872. The summed E-state index contributed by atoms with van der Waals surface area (Å²) >= 11 is 5.31. The van der Waals surface area contributed by atoms with Crippen molar-refractivity contribution in [3.8, 4) is 0 Å².